The molecule has 1 aliphatic carbocycles. The minimum atomic E-state index is 0.571. The van der Waals surface area contributed by atoms with E-state index < -0.39 is 0 Å². The van der Waals surface area contributed by atoms with Gasteiger partial charge in [-0.2, -0.15) is 0 Å². The second-order valence-electron chi connectivity index (χ2n) is 6.28. The van der Waals surface area contributed by atoms with E-state index >= 15 is 0 Å². The van der Waals surface area contributed by atoms with Gasteiger partial charge in [-0.1, -0.05) is 43.2 Å². The second-order valence-corrected chi connectivity index (χ2v) is 6.28. The van der Waals surface area contributed by atoms with Crippen LogP contribution in [-0.2, 0) is 6.54 Å². The van der Waals surface area contributed by atoms with Crippen molar-refractivity contribution in [2.24, 2.45) is 0 Å². The molecule has 122 valence electrons. The van der Waals surface area contributed by atoms with Crippen LogP contribution in [0.15, 0.2) is 36.4 Å². The number of hydrogen-bond donors (Lipinski definition) is 1. The molecule has 4 nitrogen and oxygen atoms in total. The van der Waals surface area contributed by atoms with Crippen LogP contribution >= 0.6 is 0 Å². The van der Waals surface area contributed by atoms with Crippen molar-refractivity contribution in [3.63, 3.8) is 0 Å². The first kappa shape index (κ1) is 15.8. The molecule has 2 aromatic rings. The average molecular weight is 310 g/mol. The van der Waals surface area contributed by atoms with Crippen LogP contribution in [0.1, 0.15) is 44.0 Å². The van der Waals surface area contributed by atoms with E-state index in [0.29, 0.717) is 6.04 Å². The largest absolute Gasteiger partial charge is 0.367 e. The highest BCUT2D eigenvalue weighted by Crippen LogP contribution is 2.24. The topological polar surface area (TPSA) is 41.0 Å². The molecule has 1 N–H and O–H groups in total. The molecule has 0 spiro atoms. The molecule has 3 rings (SSSR count). The van der Waals surface area contributed by atoms with Crippen molar-refractivity contribution < 1.29 is 0 Å². The smallest absolute Gasteiger partial charge is 0.134 e. The summed E-state index contributed by atoms with van der Waals surface area (Å²) in [6, 6.07) is 13.2. The number of nitrogens with zero attached hydrogens (tertiary/aromatic N) is 3. The quantitative estimate of drug-likeness (QED) is 0.869. The summed E-state index contributed by atoms with van der Waals surface area (Å²) in [6.45, 7) is 5.94. The molecule has 4 heteroatoms. The Balaban J connectivity index is 1.77. The first-order valence-corrected chi connectivity index (χ1v) is 8.65. The van der Waals surface area contributed by atoms with Gasteiger partial charge in [-0.25, -0.2) is 9.97 Å². The molecule has 1 aliphatic rings. The minimum absolute atomic E-state index is 0.571. The Labute approximate surface area is 139 Å². The normalized spacial score (nSPS) is 14.9. The Bertz CT molecular complexity index is 621. The van der Waals surface area contributed by atoms with Gasteiger partial charge in [0, 0.05) is 25.2 Å². The third-order valence-electron chi connectivity index (χ3n) is 4.45. The number of benzene rings is 1. The Morgan fingerprint density at radius 1 is 1.13 bits per heavy atom. The number of aryl methyl sites for hydroxylation is 1. The van der Waals surface area contributed by atoms with E-state index in [1.807, 2.05) is 6.92 Å². The van der Waals surface area contributed by atoms with Crippen LogP contribution in [-0.4, -0.2) is 22.6 Å². The van der Waals surface area contributed by atoms with Crippen molar-refractivity contribution in [3.8, 4) is 0 Å². The third kappa shape index (κ3) is 4.21. The van der Waals surface area contributed by atoms with Gasteiger partial charge < -0.3 is 10.2 Å². The SMILES string of the molecule is CCN(Cc1ccccc1)c1cc(NC2CCCC2)nc(C)n1. The van der Waals surface area contributed by atoms with Gasteiger partial charge in [0.2, 0.25) is 0 Å². The van der Waals surface area contributed by atoms with Crippen molar-refractivity contribution in [2.45, 2.75) is 52.1 Å². The van der Waals surface area contributed by atoms with E-state index in [2.05, 4.69) is 63.5 Å². The van der Waals surface area contributed by atoms with E-state index in [4.69, 9.17) is 0 Å². The summed E-state index contributed by atoms with van der Waals surface area (Å²) in [6.07, 6.45) is 5.15. The molecule has 23 heavy (non-hydrogen) atoms. The highest BCUT2D eigenvalue weighted by Gasteiger charge is 2.16. The van der Waals surface area contributed by atoms with Crippen LogP contribution in [0.25, 0.3) is 0 Å². The van der Waals surface area contributed by atoms with Gasteiger partial charge >= 0.3 is 0 Å². The zero-order valence-electron chi connectivity index (χ0n) is 14.1. The number of rotatable bonds is 6. The molecular weight excluding hydrogens is 284 g/mol. The fourth-order valence-electron chi connectivity index (χ4n) is 3.23. The lowest BCUT2D eigenvalue weighted by Crippen LogP contribution is -2.24. The molecule has 1 aromatic heterocycles. The zero-order chi connectivity index (χ0) is 16.1. The summed E-state index contributed by atoms with van der Waals surface area (Å²) in [5.74, 6) is 2.80. The summed E-state index contributed by atoms with van der Waals surface area (Å²) < 4.78 is 0. The van der Waals surface area contributed by atoms with Crippen molar-refractivity contribution in [3.05, 3.63) is 47.8 Å². The van der Waals surface area contributed by atoms with E-state index in [1.165, 1.54) is 31.2 Å². The van der Waals surface area contributed by atoms with Gasteiger partial charge in [0.15, 0.2) is 0 Å². The lowest BCUT2D eigenvalue weighted by atomic mass is 10.2. The molecular formula is C19H26N4. The van der Waals surface area contributed by atoms with E-state index in [-0.39, 0.29) is 0 Å². The standard InChI is InChI=1S/C19H26N4/c1-3-23(14-16-9-5-4-6-10-16)19-13-18(20-15(2)21-19)22-17-11-7-8-12-17/h4-6,9-10,13,17H,3,7-8,11-12,14H2,1-2H3,(H,20,21,22). The lowest BCUT2D eigenvalue weighted by molar-refractivity contribution is 0.745. The van der Waals surface area contributed by atoms with Crippen LogP contribution in [0.2, 0.25) is 0 Å². The van der Waals surface area contributed by atoms with Crippen molar-refractivity contribution >= 4 is 11.6 Å². The Morgan fingerprint density at radius 2 is 1.87 bits per heavy atom. The number of aromatic nitrogens is 2. The van der Waals surface area contributed by atoms with Gasteiger partial charge in [-0.05, 0) is 32.3 Å². The predicted molar refractivity (Wildman–Crippen MR) is 95.8 cm³/mol. The molecule has 1 fully saturated rings. The van der Waals surface area contributed by atoms with Gasteiger partial charge in [0.1, 0.15) is 17.5 Å². The second kappa shape index (κ2) is 7.44. The lowest BCUT2D eigenvalue weighted by Gasteiger charge is -2.23. The number of anilines is 2. The van der Waals surface area contributed by atoms with E-state index in [0.717, 1.165) is 30.5 Å². The molecule has 0 bridgehead atoms. The third-order valence-corrected chi connectivity index (χ3v) is 4.45. The fraction of sp³-hybridized carbons (Fsp3) is 0.474. The maximum atomic E-state index is 4.65. The molecule has 0 atom stereocenters. The monoisotopic (exact) mass is 310 g/mol. The van der Waals surface area contributed by atoms with Gasteiger partial charge in [0.25, 0.3) is 0 Å². The van der Waals surface area contributed by atoms with Crippen molar-refractivity contribution in [1.29, 1.82) is 0 Å². The molecule has 0 radical (unpaired) electrons. The number of hydrogen-bond acceptors (Lipinski definition) is 4. The molecule has 0 aliphatic heterocycles. The minimum Gasteiger partial charge on any atom is -0.367 e. The average Bonchev–Trinajstić information content (AvgIpc) is 3.06. The van der Waals surface area contributed by atoms with Gasteiger partial charge in [-0.3, -0.25) is 0 Å². The highest BCUT2D eigenvalue weighted by molar-refractivity contribution is 5.50. The molecule has 0 amide bonds. The molecule has 1 aromatic carbocycles. The predicted octanol–water partition coefficient (Wildman–Crippen LogP) is 4.17. The van der Waals surface area contributed by atoms with Crippen LogP contribution in [0.4, 0.5) is 11.6 Å². The van der Waals surface area contributed by atoms with E-state index in [1.54, 1.807) is 0 Å². The van der Waals surface area contributed by atoms with Crippen LogP contribution in [0.3, 0.4) is 0 Å². The van der Waals surface area contributed by atoms with Gasteiger partial charge in [0.05, 0.1) is 0 Å². The van der Waals surface area contributed by atoms with Crippen LogP contribution in [0.5, 0.6) is 0 Å². The summed E-state index contributed by atoms with van der Waals surface area (Å²) >= 11 is 0. The molecule has 1 saturated carbocycles. The Hall–Kier alpha value is -2.10. The summed E-state index contributed by atoms with van der Waals surface area (Å²) in [5.41, 5.74) is 1.30. The number of nitrogens with one attached hydrogen (secondary N) is 1. The first-order valence-electron chi connectivity index (χ1n) is 8.65. The highest BCUT2D eigenvalue weighted by atomic mass is 15.2. The molecule has 1 heterocycles. The first-order chi connectivity index (χ1) is 11.2. The van der Waals surface area contributed by atoms with Gasteiger partial charge in [-0.15, -0.1) is 0 Å². The van der Waals surface area contributed by atoms with E-state index in [9.17, 15) is 0 Å². The zero-order valence-corrected chi connectivity index (χ0v) is 14.1. The van der Waals surface area contributed by atoms with Crippen LogP contribution < -0.4 is 10.2 Å². The van der Waals surface area contributed by atoms with Crippen LogP contribution in [0, 0.1) is 6.92 Å². The maximum Gasteiger partial charge on any atom is 0.134 e. The summed E-state index contributed by atoms with van der Waals surface area (Å²) in [7, 11) is 0. The van der Waals surface area contributed by atoms with Crippen molar-refractivity contribution in [1.82, 2.24) is 9.97 Å². The Morgan fingerprint density at radius 3 is 2.57 bits per heavy atom. The maximum absolute atomic E-state index is 4.65. The Kier molecular flexibility index (Phi) is 5.11. The molecule has 0 unspecified atom stereocenters. The summed E-state index contributed by atoms with van der Waals surface area (Å²) in [5, 5.41) is 3.59. The fourth-order valence-corrected chi connectivity index (χ4v) is 3.23. The summed E-state index contributed by atoms with van der Waals surface area (Å²) in [4.78, 5) is 11.5. The molecule has 0 saturated heterocycles. The van der Waals surface area contributed by atoms with Crippen molar-refractivity contribution in [2.75, 3.05) is 16.8 Å².